The van der Waals surface area contributed by atoms with Crippen LogP contribution in [-0.4, -0.2) is 92.0 Å². The smallest absolute Gasteiger partial charge is 0.227 e. The molecule has 4 aliphatic rings. The Bertz CT molecular complexity index is 1770. The second-order valence-corrected chi connectivity index (χ2v) is 15.8. The van der Waals surface area contributed by atoms with Gasteiger partial charge in [-0.15, -0.1) is 0 Å². The van der Waals surface area contributed by atoms with Crippen LogP contribution >= 0.6 is 0 Å². The van der Waals surface area contributed by atoms with Crippen molar-refractivity contribution in [2.45, 2.75) is 50.4 Å². The molecular weight excluding hydrogens is 644 g/mol. The minimum atomic E-state index is -2.83. The standard InChI is InChI=1S/C18H21FN4O.C18H24N4O2S/c19-17-10-14(23-7-1-2-18(23)24)3-4-16(17)13-5-8-22(9-6-13)15-11-20-21-12-15;23-25(24)11-9-22(10-12-25)17-3-1-15(2-4-17)16-5-7-21(8-6-16)18-13-19-20-14-18/h3-4,10-13H,1-2,5-9H2,(H,20,21);1-4,13-14,16H,5-12H2,(H,19,20). The second-order valence-electron chi connectivity index (χ2n) is 13.5. The van der Waals surface area contributed by atoms with Gasteiger partial charge in [0.1, 0.15) is 5.82 Å². The van der Waals surface area contributed by atoms with Crippen LogP contribution in [0.15, 0.2) is 67.3 Å². The van der Waals surface area contributed by atoms with Gasteiger partial charge in [-0.3, -0.25) is 15.0 Å². The number of benzene rings is 2. The quantitative estimate of drug-likeness (QED) is 0.288. The third-order valence-corrected chi connectivity index (χ3v) is 12.2. The molecule has 6 heterocycles. The molecule has 4 aliphatic heterocycles. The highest BCUT2D eigenvalue weighted by molar-refractivity contribution is 7.91. The van der Waals surface area contributed by atoms with E-state index in [4.69, 9.17) is 0 Å². The molecule has 2 aromatic carbocycles. The molecule has 0 saturated carbocycles. The number of piperidine rings is 2. The minimum absolute atomic E-state index is 0.0931. The molecule has 4 fully saturated rings. The van der Waals surface area contributed by atoms with Gasteiger partial charge >= 0.3 is 0 Å². The first-order valence-corrected chi connectivity index (χ1v) is 19.3. The Morgan fingerprint density at radius 2 is 1.22 bits per heavy atom. The van der Waals surface area contributed by atoms with Crippen molar-refractivity contribution in [1.82, 2.24) is 20.4 Å². The van der Waals surface area contributed by atoms with Crippen molar-refractivity contribution < 1.29 is 17.6 Å². The lowest BCUT2D eigenvalue weighted by Gasteiger charge is -2.33. The molecule has 1 amide bonds. The summed E-state index contributed by atoms with van der Waals surface area (Å²) >= 11 is 0. The highest BCUT2D eigenvalue weighted by Crippen LogP contribution is 2.34. The third kappa shape index (κ3) is 7.76. The Balaban J connectivity index is 0.000000154. The number of nitrogens with one attached hydrogen (secondary N) is 2. The van der Waals surface area contributed by atoms with E-state index in [1.807, 2.05) is 36.9 Å². The Hall–Kier alpha value is -4.39. The fourth-order valence-electron chi connectivity index (χ4n) is 7.62. The molecule has 0 atom stereocenters. The van der Waals surface area contributed by atoms with Gasteiger partial charge in [0.2, 0.25) is 5.91 Å². The molecule has 0 spiro atoms. The van der Waals surface area contributed by atoms with E-state index in [1.54, 1.807) is 4.90 Å². The van der Waals surface area contributed by atoms with Crippen LogP contribution in [0.3, 0.4) is 0 Å². The highest BCUT2D eigenvalue weighted by atomic mass is 32.2. The maximum absolute atomic E-state index is 14.6. The lowest BCUT2D eigenvalue weighted by molar-refractivity contribution is -0.117. The fourth-order valence-corrected chi connectivity index (χ4v) is 8.82. The summed E-state index contributed by atoms with van der Waals surface area (Å²) in [5, 5.41) is 13.7. The number of sulfone groups is 1. The zero-order valence-corrected chi connectivity index (χ0v) is 28.6. The van der Waals surface area contributed by atoms with Gasteiger partial charge in [-0.25, -0.2) is 12.8 Å². The van der Waals surface area contributed by atoms with Crippen LogP contribution in [0, 0.1) is 5.82 Å². The summed E-state index contributed by atoms with van der Waals surface area (Å²) in [6.45, 7) is 5.80. The molecule has 0 unspecified atom stereocenters. The maximum Gasteiger partial charge on any atom is 0.227 e. The number of carbonyl (C=O) groups excluding carboxylic acids is 1. The van der Waals surface area contributed by atoms with Crippen LogP contribution in [0.4, 0.5) is 27.1 Å². The van der Waals surface area contributed by atoms with Crippen molar-refractivity contribution >= 4 is 38.5 Å². The molecule has 49 heavy (non-hydrogen) atoms. The SMILES string of the molecule is O=C1CCCN1c1ccc(C2CCN(c3cn[nH]c3)CC2)c(F)c1.O=S1(=O)CCN(c2ccc(C3CCN(c4cn[nH]c4)CC3)cc2)CC1. The number of aromatic amines is 2. The van der Waals surface area contributed by atoms with Crippen LogP contribution in [0.25, 0.3) is 0 Å². The van der Waals surface area contributed by atoms with Gasteiger partial charge in [-0.1, -0.05) is 18.2 Å². The van der Waals surface area contributed by atoms with Gasteiger partial charge in [-0.2, -0.15) is 10.2 Å². The van der Waals surface area contributed by atoms with E-state index in [0.29, 0.717) is 37.7 Å². The molecule has 13 heteroatoms. The van der Waals surface area contributed by atoms with Gasteiger partial charge in [0.05, 0.1) is 35.3 Å². The summed E-state index contributed by atoms with van der Waals surface area (Å²) in [4.78, 5) is 20.3. The molecule has 2 aromatic heterocycles. The van der Waals surface area contributed by atoms with E-state index in [9.17, 15) is 17.6 Å². The number of hydrogen-bond donors (Lipinski definition) is 2. The number of anilines is 4. The van der Waals surface area contributed by atoms with E-state index in [1.165, 1.54) is 17.3 Å². The lowest BCUT2D eigenvalue weighted by Crippen LogP contribution is -2.40. The molecule has 260 valence electrons. The normalized spacial score (nSPS) is 20.4. The number of aromatic nitrogens is 4. The number of nitrogens with zero attached hydrogens (tertiary/aromatic N) is 6. The average molecular weight is 689 g/mol. The maximum atomic E-state index is 14.6. The van der Waals surface area contributed by atoms with Gasteiger partial charge in [-0.05, 0) is 79.3 Å². The minimum Gasteiger partial charge on any atom is -0.369 e. The number of amides is 1. The van der Waals surface area contributed by atoms with E-state index in [-0.39, 0.29) is 29.1 Å². The van der Waals surface area contributed by atoms with Crippen molar-refractivity contribution in [2.24, 2.45) is 0 Å². The van der Waals surface area contributed by atoms with Crippen LogP contribution in [0.2, 0.25) is 0 Å². The predicted octanol–water partition coefficient (Wildman–Crippen LogP) is 5.09. The zero-order chi connectivity index (χ0) is 33.8. The van der Waals surface area contributed by atoms with Crippen molar-refractivity contribution in [3.63, 3.8) is 0 Å². The molecule has 2 N–H and O–H groups in total. The first-order chi connectivity index (χ1) is 23.8. The monoisotopic (exact) mass is 688 g/mol. The molecule has 0 aliphatic carbocycles. The molecule has 4 saturated heterocycles. The van der Waals surface area contributed by atoms with Gasteiger partial charge < -0.3 is 19.6 Å². The molecule has 4 aromatic rings. The summed E-state index contributed by atoms with van der Waals surface area (Å²) < 4.78 is 37.7. The summed E-state index contributed by atoms with van der Waals surface area (Å²) in [6.07, 6.45) is 13.1. The first-order valence-electron chi connectivity index (χ1n) is 17.5. The van der Waals surface area contributed by atoms with Crippen molar-refractivity contribution in [3.05, 3.63) is 84.2 Å². The Morgan fingerprint density at radius 3 is 1.73 bits per heavy atom. The van der Waals surface area contributed by atoms with E-state index >= 15 is 0 Å². The number of halogens is 1. The Labute approximate surface area is 287 Å². The van der Waals surface area contributed by atoms with E-state index < -0.39 is 9.84 Å². The average Bonchev–Trinajstić information content (AvgIpc) is 3.94. The molecule has 0 radical (unpaired) electrons. The van der Waals surface area contributed by atoms with Crippen LogP contribution < -0.4 is 19.6 Å². The number of rotatable bonds is 6. The Morgan fingerprint density at radius 1 is 0.673 bits per heavy atom. The van der Waals surface area contributed by atoms with Crippen molar-refractivity contribution in [3.8, 4) is 0 Å². The summed E-state index contributed by atoms with van der Waals surface area (Å²) in [5.74, 6) is 1.27. The van der Waals surface area contributed by atoms with Crippen LogP contribution in [0.1, 0.15) is 61.5 Å². The van der Waals surface area contributed by atoms with Gasteiger partial charge in [0.25, 0.3) is 0 Å². The van der Waals surface area contributed by atoms with Gasteiger partial charge in [0.15, 0.2) is 9.84 Å². The third-order valence-electron chi connectivity index (χ3n) is 10.6. The summed E-state index contributed by atoms with van der Waals surface area (Å²) in [5.41, 5.74) is 6.26. The fraction of sp³-hybridized carbons (Fsp3) is 0.472. The number of H-pyrrole nitrogens is 2. The molecule has 0 bridgehead atoms. The second kappa shape index (κ2) is 14.6. The number of hydrogen-bond acceptors (Lipinski definition) is 8. The van der Waals surface area contributed by atoms with Crippen molar-refractivity contribution in [2.75, 3.05) is 76.9 Å². The van der Waals surface area contributed by atoms with Gasteiger partial charge in [0, 0.05) is 76.0 Å². The molecular formula is C36H45FN8O3S. The predicted molar refractivity (Wildman–Crippen MR) is 191 cm³/mol. The lowest BCUT2D eigenvalue weighted by atomic mass is 9.88. The Kier molecular flexibility index (Phi) is 9.88. The zero-order valence-electron chi connectivity index (χ0n) is 27.8. The van der Waals surface area contributed by atoms with Crippen molar-refractivity contribution in [1.29, 1.82) is 0 Å². The topological polar surface area (TPSA) is 122 Å². The summed E-state index contributed by atoms with van der Waals surface area (Å²) in [6, 6.07) is 14.0. The van der Waals surface area contributed by atoms with E-state index in [2.05, 4.69) is 59.4 Å². The number of carbonyl (C=O) groups is 1. The molecule has 8 rings (SSSR count). The van der Waals surface area contributed by atoms with Crippen LogP contribution in [-0.2, 0) is 14.6 Å². The molecule has 11 nitrogen and oxygen atoms in total. The van der Waals surface area contributed by atoms with E-state index in [0.717, 1.165) is 75.2 Å². The first kappa shape index (κ1) is 33.1. The van der Waals surface area contributed by atoms with Crippen LogP contribution in [0.5, 0.6) is 0 Å². The highest BCUT2D eigenvalue weighted by Gasteiger charge is 2.27. The summed E-state index contributed by atoms with van der Waals surface area (Å²) in [7, 11) is -2.83. The largest absolute Gasteiger partial charge is 0.369 e.